The van der Waals surface area contributed by atoms with E-state index in [9.17, 15) is 23.4 Å². The molecule has 3 atom stereocenters. The molecule has 3 aliphatic rings. The van der Waals surface area contributed by atoms with Crippen molar-refractivity contribution in [2.24, 2.45) is 5.41 Å². The second-order valence-electron chi connectivity index (χ2n) is 15.2. The number of benzene rings is 2. The molecule has 2 aromatic carbocycles. The maximum absolute atomic E-state index is 13.2. The highest BCUT2D eigenvalue weighted by molar-refractivity contribution is 7.84. The third-order valence-electron chi connectivity index (χ3n) is 9.26. The number of carbonyl (C=O) groups is 4. The van der Waals surface area contributed by atoms with Crippen molar-refractivity contribution in [3.05, 3.63) is 49.1 Å². The number of nitrogens with one attached hydrogen (secondary N) is 3. The number of methoxy groups -OCH3 is 1. The van der Waals surface area contributed by atoms with Crippen LogP contribution in [0.2, 0.25) is 0 Å². The average Bonchev–Trinajstić information content (AvgIpc) is 3.82. The SMILES string of the molecule is C=CCC(NC(=O)C1CCCN1C(=O)CNC(=O)OCC(C)(C)COc1cccc(-c2nc3cc4c(cc3nc2OC)OC(C)(C)O4)c1)C(=O)NS(=O)C1CC1. The van der Waals surface area contributed by atoms with Crippen LogP contribution in [0.4, 0.5) is 4.79 Å². The van der Waals surface area contributed by atoms with Crippen LogP contribution >= 0.6 is 0 Å². The Balaban J connectivity index is 0.981. The first kappa shape index (κ1) is 40.2. The Hall–Kier alpha value is -5.45. The number of amides is 4. The normalized spacial score (nSPS) is 18.1. The number of fused-ring (bicyclic) bond motifs is 2. The maximum Gasteiger partial charge on any atom is 0.407 e. The van der Waals surface area contributed by atoms with E-state index >= 15 is 0 Å². The topological polar surface area (TPSA) is 197 Å². The third kappa shape index (κ3) is 9.85. The minimum absolute atomic E-state index is 0.0172. The average molecular weight is 793 g/mol. The van der Waals surface area contributed by atoms with Gasteiger partial charge in [-0.2, -0.15) is 0 Å². The van der Waals surface area contributed by atoms with Crippen LogP contribution in [0.5, 0.6) is 23.1 Å². The van der Waals surface area contributed by atoms with Gasteiger partial charge in [-0.05, 0) is 44.2 Å². The Morgan fingerprint density at radius 2 is 1.79 bits per heavy atom. The largest absolute Gasteiger partial charge is 0.493 e. The van der Waals surface area contributed by atoms with Gasteiger partial charge in [-0.15, -0.1) is 6.58 Å². The summed E-state index contributed by atoms with van der Waals surface area (Å²) in [5.74, 6) is -0.293. The molecule has 56 heavy (non-hydrogen) atoms. The zero-order valence-electron chi connectivity index (χ0n) is 32.2. The summed E-state index contributed by atoms with van der Waals surface area (Å²) in [5.41, 5.74) is 1.81. The summed E-state index contributed by atoms with van der Waals surface area (Å²) in [5, 5.41) is 5.09. The molecule has 3 unspecified atom stereocenters. The number of nitrogens with zero attached hydrogens (tertiary/aromatic N) is 3. The summed E-state index contributed by atoms with van der Waals surface area (Å²) >= 11 is 0. The second kappa shape index (κ2) is 16.7. The molecule has 3 heterocycles. The zero-order chi connectivity index (χ0) is 40.2. The molecule has 3 aromatic rings. The zero-order valence-corrected chi connectivity index (χ0v) is 33.0. The molecule has 300 valence electrons. The highest BCUT2D eigenvalue weighted by Gasteiger charge is 2.37. The summed E-state index contributed by atoms with van der Waals surface area (Å²) < 4.78 is 43.5. The van der Waals surface area contributed by atoms with Crippen LogP contribution in [0.1, 0.15) is 59.8 Å². The Morgan fingerprint density at radius 1 is 1.07 bits per heavy atom. The van der Waals surface area contributed by atoms with Crippen LogP contribution in [-0.4, -0.2) is 99.4 Å². The number of hydrogen-bond donors (Lipinski definition) is 3. The molecule has 0 spiro atoms. The first-order valence-corrected chi connectivity index (χ1v) is 19.7. The van der Waals surface area contributed by atoms with Gasteiger partial charge in [0.2, 0.25) is 23.5 Å². The van der Waals surface area contributed by atoms with Crippen LogP contribution in [0.3, 0.4) is 0 Å². The van der Waals surface area contributed by atoms with E-state index in [-0.39, 0.29) is 31.4 Å². The van der Waals surface area contributed by atoms with Gasteiger partial charge in [-0.1, -0.05) is 32.1 Å². The van der Waals surface area contributed by atoms with Gasteiger partial charge in [-0.25, -0.2) is 19.0 Å². The van der Waals surface area contributed by atoms with Crippen molar-refractivity contribution in [3.63, 3.8) is 0 Å². The Bertz CT molecular complexity index is 2040. The first-order chi connectivity index (χ1) is 26.6. The fourth-order valence-electron chi connectivity index (χ4n) is 6.24. The molecule has 1 aliphatic carbocycles. The van der Waals surface area contributed by atoms with E-state index in [4.69, 9.17) is 28.7 Å². The predicted octanol–water partition coefficient (Wildman–Crippen LogP) is 3.94. The summed E-state index contributed by atoms with van der Waals surface area (Å²) in [6.07, 6.45) is 3.35. The number of ether oxygens (including phenoxy) is 5. The van der Waals surface area contributed by atoms with Gasteiger partial charge in [0.1, 0.15) is 47.7 Å². The summed E-state index contributed by atoms with van der Waals surface area (Å²) in [6.45, 7) is 11.1. The van der Waals surface area contributed by atoms with Crippen LogP contribution in [0, 0.1) is 5.41 Å². The Labute approximate surface area is 327 Å². The first-order valence-electron chi connectivity index (χ1n) is 18.5. The molecule has 4 amide bonds. The Kier molecular flexibility index (Phi) is 12.0. The minimum Gasteiger partial charge on any atom is -0.493 e. The number of aromatic nitrogens is 2. The van der Waals surface area contributed by atoms with Gasteiger partial charge in [-0.3, -0.25) is 19.1 Å². The van der Waals surface area contributed by atoms with Crippen molar-refractivity contribution in [1.29, 1.82) is 0 Å². The smallest absolute Gasteiger partial charge is 0.407 e. The fourth-order valence-corrected chi connectivity index (χ4v) is 7.31. The van der Waals surface area contributed by atoms with Crippen LogP contribution in [0.15, 0.2) is 49.1 Å². The number of rotatable bonds is 16. The summed E-state index contributed by atoms with van der Waals surface area (Å²) in [4.78, 5) is 62.5. The minimum atomic E-state index is -1.51. The number of alkyl carbamates (subject to hydrolysis) is 1. The van der Waals surface area contributed by atoms with Crippen molar-refractivity contribution in [1.82, 2.24) is 30.2 Å². The lowest BCUT2D eigenvalue weighted by Gasteiger charge is -2.26. The van der Waals surface area contributed by atoms with Gasteiger partial charge in [0.05, 0.1) is 30.0 Å². The molecule has 6 rings (SSSR count). The summed E-state index contributed by atoms with van der Waals surface area (Å²) in [6, 6.07) is 9.09. The number of carbonyl (C=O) groups excluding carboxylic acids is 4. The predicted molar refractivity (Wildman–Crippen MR) is 206 cm³/mol. The maximum atomic E-state index is 13.2. The molecule has 1 saturated carbocycles. The molecule has 2 fully saturated rings. The van der Waals surface area contributed by atoms with Gasteiger partial charge in [0.15, 0.2) is 11.5 Å². The van der Waals surface area contributed by atoms with Crippen LogP contribution in [0.25, 0.3) is 22.3 Å². The molecule has 2 aliphatic heterocycles. The molecular weight excluding hydrogens is 745 g/mol. The van der Waals surface area contributed by atoms with Crippen LogP contribution < -0.4 is 34.3 Å². The quantitative estimate of drug-likeness (QED) is 0.177. The highest BCUT2D eigenvalue weighted by Crippen LogP contribution is 2.42. The van der Waals surface area contributed by atoms with Gasteiger partial charge in [0.25, 0.3) is 5.91 Å². The molecule has 17 heteroatoms. The monoisotopic (exact) mass is 792 g/mol. The number of hydrogen-bond acceptors (Lipinski definition) is 12. The number of likely N-dealkylation sites (tertiary alicyclic amines) is 1. The van der Waals surface area contributed by atoms with E-state index in [2.05, 4.69) is 26.9 Å². The van der Waals surface area contributed by atoms with E-state index in [1.165, 1.54) is 18.1 Å². The van der Waals surface area contributed by atoms with Gasteiger partial charge >= 0.3 is 6.09 Å². The Morgan fingerprint density at radius 3 is 2.46 bits per heavy atom. The standard InChI is InChI=1S/C39H48N6O10S/c1-7-10-26(34(47)44-56(50)25-14-15-25)42-35(48)29-13-9-16-45(29)32(46)20-40-37(49)53-22-38(2,3)21-52-24-12-8-11-23(17-24)33-36(51-6)43-28-19-31-30(18-27(28)41-33)54-39(4,5)55-31/h7-8,11-12,17-19,25-26,29H,1,9-10,13-16,20-22H2,2-6H3,(H,40,49)(H,42,48)(H,44,47). The molecule has 0 radical (unpaired) electrons. The van der Waals surface area contributed by atoms with E-state index in [0.717, 1.165) is 12.8 Å². The van der Waals surface area contributed by atoms with Crippen LogP contribution in [-0.2, 0) is 30.1 Å². The molecule has 1 saturated heterocycles. The van der Waals surface area contributed by atoms with Crippen molar-refractivity contribution in [3.8, 4) is 34.4 Å². The lowest BCUT2D eigenvalue weighted by molar-refractivity contribution is -0.138. The lowest BCUT2D eigenvalue weighted by Crippen LogP contribution is -2.54. The second-order valence-corrected chi connectivity index (χ2v) is 16.6. The lowest BCUT2D eigenvalue weighted by atomic mass is 9.96. The molecule has 0 bridgehead atoms. The fraction of sp³-hybridized carbons (Fsp3) is 0.487. The van der Waals surface area contributed by atoms with Crippen molar-refractivity contribution in [2.75, 3.05) is 33.4 Å². The summed E-state index contributed by atoms with van der Waals surface area (Å²) in [7, 11) is 0.0193. The molecule has 1 aromatic heterocycles. The van der Waals surface area contributed by atoms with Crippen molar-refractivity contribution < 1.29 is 47.1 Å². The van der Waals surface area contributed by atoms with Crippen molar-refractivity contribution >= 4 is 45.8 Å². The van der Waals surface area contributed by atoms with E-state index < -0.39 is 58.1 Å². The van der Waals surface area contributed by atoms with Gasteiger partial charge < -0.3 is 39.2 Å². The molecular formula is C39H48N6O10S. The highest BCUT2D eigenvalue weighted by atomic mass is 32.2. The third-order valence-corrected chi connectivity index (χ3v) is 10.7. The van der Waals surface area contributed by atoms with E-state index in [1.807, 2.05) is 45.9 Å². The van der Waals surface area contributed by atoms with Crippen molar-refractivity contribution in [2.45, 2.75) is 82.9 Å². The molecule has 16 nitrogen and oxygen atoms in total. The van der Waals surface area contributed by atoms with Gasteiger partial charge in [0, 0.05) is 43.5 Å². The molecule has 3 N–H and O–H groups in total. The van der Waals surface area contributed by atoms with E-state index in [0.29, 0.717) is 64.8 Å². The van der Waals surface area contributed by atoms with E-state index in [1.54, 1.807) is 18.2 Å².